The largest absolute Gasteiger partial charge is 0.368 e. The van der Waals surface area contributed by atoms with Crippen molar-refractivity contribution < 1.29 is 4.79 Å². The van der Waals surface area contributed by atoms with Crippen molar-refractivity contribution in [2.45, 2.75) is 58.4 Å². The van der Waals surface area contributed by atoms with Gasteiger partial charge in [0.15, 0.2) is 0 Å². The summed E-state index contributed by atoms with van der Waals surface area (Å²) in [6, 6.07) is 6.31. The summed E-state index contributed by atoms with van der Waals surface area (Å²) in [7, 11) is 0. The van der Waals surface area contributed by atoms with Gasteiger partial charge >= 0.3 is 0 Å². The average Bonchev–Trinajstić information content (AvgIpc) is 2.61. The van der Waals surface area contributed by atoms with Crippen molar-refractivity contribution in [3.63, 3.8) is 0 Å². The topological polar surface area (TPSA) is 72.1 Å². The Hall–Kier alpha value is -2.17. The summed E-state index contributed by atoms with van der Waals surface area (Å²) in [6.45, 7) is 5.08. The number of nitrogen functional groups attached to an aromatic ring is 1. The molecular weight excluding hydrogens is 300 g/mol. The molecule has 0 saturated carbocycles. The maximum atomic E-state index is 13.2. The average molecular weight is 326 g/mol. The first-order valence-corrected chi connectivity index (χ1v) is 9.01. The summed E-state index contributed by atoms with van der Waals surface area (Å²) in [4.78, 5) is 23.9. The third kappa shape index (κ3) is 3.21. The Kier molecular flexibility index (Phi) is 4.97. The zero-order valence-corrected chi connectivity index (χ0v) is 14.6. The van der Waals surface area contributed by atoms with Gasteiger partial charge in [0.25, 0.3) is 5.91 Å². The van der Waals surface area contributed by atoms with Gasteiger partial charge in [0, 0.05) is 18.0 Å². The molecule has 24 heavy (non-hydrogen) atoms. The van der Waals surface area contributed by atoms with Crippen molar-refractivity contribution in [1.82, 2.24) is 14.9 Å². The lowest BCUT2D eigenvalue weighted by Crippen LogP contribution is -2.44. The molecule has 2 aromatic rings. The summed E-state index contributed by atoms with van der Waals surface area (Å²) < 4.78 is 0. The van der Waals surface area contributed by atoms with Crippen LogP contribution in [0, 0.1) is 0 Å². The van der Waals surface area contributed by atoms with E-state index in [9.17, 15) is 4.79 Å². The first-order valence-electron chi connectivity index (χ1n) is 9.01. The van der Waals surface area contributed by atoms with Crippen LogP contribution in [0.15, 0.2) is 18.2 Å². The zero-order chi connectivity index (χ0) is 17.1. The number of amides is 1. The van der Waals surface area contributed by atoms with E-state index in [4.69, 9.17) is 5.73 Å². The molecule has 1 fully saturated rings. The highest BCUT2D eigenvalue weighted by Crippen LogP contribution is 2.26. The van der Waals surface area contributed by atoms with E-state index in [0.717, 1.165) is 49.6 Å². The lowest BCUT2D eigenvalue weighted by atomic mass is 9.97. The number of aromatic nitrogens is 2. The van der Waals surface area contributed by atoms with Gasteiger partial charge in [-0.2, -0.15) is 0 Å². The molecule has 1 aromatic heterocycles. The summed E-state index contributed by atoms with van der Waals surface area (Å²) in [5.41, 5.74) is 8.23. The second-order valence-corrected chi connectivity index (χ2v) is 6.57. The molecule has 0 bridgehead atoms. The normalized spacial score (nSPS) is 18.1. The van der Waals surface area contributed by atoms with Crippen LogP contribution in [0.25, 0.3) is 10.9 Å². The van der Waals surface area contributed by atoms with Crippen LogP contribution in [0.2, 0.25) is 0 Å². The van der Waals surface area contributed by atoms with E-state index in [1.165, 1.54) is 12.0 Å². The number of fused-ring (bicyclic) bond motifs is 1. The van der Waals surface area contributed by atoms with Gasteiger partial charge in [0.05, 0.1) is 5.52 Å². The fraction of sp³-hybridized carbons (Fsp3) is 0.526. The molecule has 1 aromatic carbocycles. The van der Waals surface area contributed by atoms with E-state index in [2.05, 4.69) is 23.8 Å². The molecule has 3 rings (SSSR count). The van der Waals surface area contributed by atoms with Crippen LogP contribution in [-0.2, 0) is 6.42 Å². The number of anilines is 1. The Labute approximate surface area is 143 Å². The summed E-state index contributed by atoms with van der Waals surface area (Å²) >= 11 is 0. The van der Waals surface area contributed by atoms with Crippen molar-refractivity contribution in [1.29, 1.82) is 0 Å². The Morgan fingerprint density at radius 2 is 2.12 bits per heavy atom. The van der Waals surface area contributed by atoms with Crippen molar-refractivity contribution >= 4 is 22.8 Å². The van der Waals surface area contributed by atoms with Gasteiger partial charge in [-0.1, -0.05) is 26.3 Å². The summed E-state index contributed by atoms with van der Waals surface area (Å²) in [5.74, 6) is 0.166. The molecule has 0 aliphatic carbocycles. The summed E-state index contributed by atoms with van der Waals surface area (Å²) in [5, 5.41) is 0.814. The number of rotatable bonds is 4. The maximum Gasteiger partial charge on any atom is 0.273 e. The van der Waals surface area contributed by atoms with Gasteiger partial charge in [0.1, 0.15) is 5.69 Å². The fourth-order valence-corrected chi connectivity index (χ4v) is 3.61. The quantitative estimate of drug-likeness (QED) is 0.932. The molecule has 1 amide bonds. The van der Waals surface area contributed by atoms with E-state index in [-0.39, 0.29) is 11.9 Å². The molecule has 5 heteroatoms. The SMILES string of the molecule is CCCC1CCCCN1C(=O)c1nc(N)nc2ccc(CC)cc12. The number of piperidine rings is 1. The number of carbonyl (C=O) groups excluding carboxylic acids is 1. The minimum absolute atomic E-state index is 0.000466. The second-order valence-electron chi connectivity index (χ2n) is 6.57. The van der Waals surface area contributed by atoms with Crippen molar-refractivity contribution in [2.75, 3.05) is 12.3 Å². The molecular formula is C19H26N4O. The number of aryl methyl sites for hydroxylation is 1. The Balaban J connectivity index is 2.04. The van der Waals surface area contributed by atoms with Crippen LogP contribution in [0.3, 0.4) is 0 Å². The Morgan fingerprint density at radius 1 is 1.29 bits per heavy atom. The van der Waals surface area contributed by atoms with E-state index < -0.39 is 0 Å². The molecule has 128 valence electrons. The monoisotopic (exact) mass is 326 g/mol. The van der Waals surface area contributed by atoms with Gasteiger partial charge in [-0.05, 0) is 49.8 Å². The molecule has 0 spiro atoms. The van der Waals surface area contributed by atoms with Gasteiger partial charge in [-0.25, -0.2) is 9.97 Å². The number of carbonyl (C=O) groups is 1. The summed E-state index contributed by atoms with van der Waals surface area (Å²) in [6.07, 6.45) is 6.38. The number of benzene rings is 1. The smallest absolute Gasteiger partial charge is 0.273 e. The number of nitrogens with two attached hydrogens (primary N) is 1. The van der Waals surface area contributed by atoms with Gasteiger partial charge in [-0.3, -0.25) is 4.79 Å². The van der Waals surface area contributed by atoms with E-state index in [1.807, 2.05) is 23.1 Å². The first kappa shape index (κ1) is 16.7. The van der Waals surface area contributed by atoms with Crippen molar-refractivity contribution in [3.8, 4) is 0 Å². The molecule has 1 aliphatic heterocycles. The van der Waals surface area contributed by atoms with Crippen LogP contribution in [0.1, 0.15) is 62.0 Å². The molecule has 2 N–H and O–H groups in total. The Morgan fingerprint density at radius 3 is 2.88 bits per heavy atom. The molecule has 1 atom stereocenters. The predicted octanol–water partition coefficient (Wildman–Crippen LogP) is 3.57. The lowest BCUT2D eigenvalue weighted by molar-refractivity contribution is 0.0597. The zero-order valence-electron chi connectivity index (χ0n) is 14.6. The second kappa shape index (κ2) is 7.16. The minimum Gasteiger partial charge on any atom is -0.368 e. The third-order valence-electron chi connectivity index (χ3n) is 4.90. The number of hydrogen-bond acceptors (Lipinski definition) is 4. The minimum atomic E-state index is 0.000466. The first-order chi connectivity index (χ1) is 11.6. The van der Waals surface area contributed by atoms with E-state index in [0.29, 0.717) is 11.7 Å². The molecule has 1 saturated heterocycles. The van der Waals surface area contributed by atoms with Crippen LogP contribution in [0.4, 0.5) is 5.95 Å². The standard InChI is InChI=1S/C19H26N4O/c1-3-7-14-8-5-6-11-23(14)18(24)17-15-12-13(4-2)9-10-16(15)21-19(20)22-17/h9-10,12,14H,3-8,11H2,1-2H3,(H2,20,21,22). The molecule has 1 unspecified atom stereocenters. The maximum absolute atomic E-state index is 13.2. The van der Waals surface area contributed by atoms with E-state index in [1.54, 1.807) is 0 Å². The lowest BCUT2D eigenvalue weighted by Gasteiger charge is -2.35. The van der Waals surface area contributed by atoms with Crippen LogP contribution < -0.4 is 5.73 Å². The Bertz CT molecular complexity index is 741. The molecule has 2 heterocycles. The van der Waals surface area contributed by atoms with Gasteiger partial charge in [0.2, 0.25) is 5.95 Å². The number of hydrogen-bond donors (Lipinski definition) is 1. The van der Waals surface area contributed by atoms with Crippen molar-refractivity contribution in [2.24, 2.45) is 0 Å². The molecule has 5 nitrogen and oxygen atoms in total. The predicted molar refractivity (Wildman–Crippen MR) is 96.9 cm³/mol. The highest BCUT2D eigenvalue weighted by molar-refractivity contribution is 6.05. The number of nitrogens with zero attached hydrogens (tertiary/aromatic N) is 3. The van der Waals surface area contributed by atoms with Crippen LogP contribution >= 0.6 is 0 Å². The fourth-order valence-electron chi connectivity index (χ4n) is 3.61. The number of likely N-dealkylation sites (tertiary alicyclic amines) is 1. The highest BCUT2D eigenvalue weighted by atomic mass is 16.2. The third-order valence-corrected chi connectivity index (χ3v) is 4.90. The molecule has 0 radical (unpaired) electrons. The van der Waals surface area contributed by atoms with Crippen LogP contribution in [-0.4, -0.2) is 33.4 Å². The van der Waals surface area contributed by atoms with Gasteiger partial charge in [-0.15, -0.1) is 0 Å². The van der Waals surface area contributed by atoms with Crippen LogP contribution in [0.5, 0.6) is 0 Å². The highest BCUT2D eigenvalue weighted by Gasteiger charge is 2.29. The van der Waals surface area contributed by atoms with Gasteiger partial charge < -0.3 is 10.6 Å². The van der Waals surface area contributed by atoms with Crippen molar-refractivity contribution in [3.05, 3.63) is 29.5 Å². The van der Waals surface area contributed by atoms with E-state index >= 15 is 0 Å². The molecule has 1 aliphatic rings.